The zero-order valence-corrected chi connectivity index (χ0v) is 16.8. The molecule has 1 aromatic carbocycles. The van der Waals surface area contributed by atoms with Crippen molar-refractivity contribution in [1.29, 1.82) is 0 Å². The summed E-state index contributed by atoms with van der Waals surface area (Å²) in [6.45, 7) is 2.10. The van der Waals surface area contributed by atoms with E-state index in [1.807, 2.05) is 67.0 Å². The Labute approximate surface area is 173 Å². The molecule has 1 aliphatic carbocycles. The van der Waals surface area contributed by atoms with Crippen LogP contribution in [0.2, 0.25) is 5.02 Å². The molecule has 29 heavy (non-hydrogen) atoms. The van der Waals surface area contributed by atoms with Gasteiger partial charge in [-0.05, 0) is 61.2 Å². The van der Waals surface area contributed by atoms with Crippen molar-refractivity contribution in [2.45, 2.75) is 25.7 Å². The minimum atomic E-state index is -0.0669. The Morgan fingerprint density at radius 2 is 1.79 bits per heavy atom. The van der Waals surface area contributed by atoms with E-state index in [0.29, 0.717) is 10.9 Å². The van der Waals surface area contributed by atoms with Gasteiger partial charge >= 0.3 is 0 Å². The molecule has 0 spiro atoms. The fourth-order valence-corrected chi connectivity index (χ4v) is 3.76. The van der Waals surface area contributed by atoms with Crippen molar-refractivity contribution in [3.8, 4) is 5.69 Å². The fraction of sp³-hybridized carbons (Fsp3) is 0.167. The topological polar surface area (TPSA) is 39.3 Å². The van der Waals surface area contributed by atoms with Gasteiger partial charge in [-0.15, -0.1) is 0 Å². The number of halogens is 1. The fourth-order valence-electron chi connectivity index (χ4n) is 3.63. The third kappa shape index (κ3) is 3.52. The van der Waals surface area contributed by atoms with Crippen LogP contribution in [0.5, 0.6) is 0 Å². The largest absolute Gasteiger partial charge is 0.302 e. The standard InChI is InChI=1S/C24H20ClN3O/c1-16-24(19-6-7-19)26-22-11-10-21(15-28(16)22)27-13-12-18(14-23(27)29)3-2-17-4-8-20(25)9-5-17/h2-5,8-15,19H,6-7H2,1H3. The van der Waals surface area contributed by atoms with Crippen LogP contribution in [0.1, 0.15) is 41.3 Å². The highest BCUT2D eigenvalue weighted by atomic mass is 35.5. The molecule has 4 nitrogen and oxygen atoms in total. The van der Waals surface area contributed by atoms with E-state index in [0.717, 1.165) is 22.5 Å². The summed E-state index contributed by atoms with van der Waals surface area (Å²) in [4.78, 5) is 17.5. The van der Waals surface area contributed by atoms with Crippen molar-refractivity contribution in [2.75, 3.05) is 0 Å². The van der Waals surface area contributed by atoms with Crippen LogP contribution < -0.4 is 5.56 Å². The van der Waals surface area contributed by atoms with Gasteiger partial charge in [-0.2, -0.15) is 0 Å². The van der Waals surface area contributed by atoms with Gasteiger partial charge in [-0.3, -0.25) is 9.36 Å². The van der Waals surface area contributed by atoms with E-state index >= 15 is 0 Å². The van der Waals surface area contributed by atoms with Crippen molar-refractivity contribution in [3.05, 3.63) is 98.8 Å². The Kier molecular flexibility index (Phi) is 4.36. The average molecular weight is 402 g/mol. The summed E-state index contributed by atoms with van der Waals surface area (Å²) < 4.78 is 3.75. The molecule has 1 fully saturated rings. The molecular weight excluding hydrogens is 382 g/mol. The maximum atomic E-state index is 12.7. The number of rotatable bonds is 4. The van der Waals surface area contributed by atoms with E-state index in [-0.39, 0.29) is 5.56 Å². The summed E-state index contributed by atoms with van der Waals surface area (Å²) in [6, 6.07) is 15.1. The number of fused-ring (bicyclic) bond motifs is 1. The van der Waals surface area contributed by atoms with Gasteiger partial charge in [0.1, 0.15) is 5.65 Å². The molecule has 3 heterocycles. The molecule has 0 amide bonds. The number of imidazole rings is 1. The Bertz CT molecular complexity index is 1290. The number of hydrogen-bond donors (Lipinski definition) is 0. The number of pyridine rings is 2. The maximum Gasteiger partial charge on any atom is 0.255 e. The number of benzene rings is 1. The molecule has 1 saturated carbocycles. The van der Waals surface area contributed by atoms with Gasteiger partial charge in [0.2, 0.25) is 0 Å². The Balaban J connectivity index is 1.46. The molecular formula is C24H20ClN3O. The van der Waals surface area contributed by atoms with Crippen molar-refractivity contribution >= 4 is 29.4 Å². The molecule has 0 bridgehead atoms. The second kappa shape index (κ2) is 7.05. The molecule has 0 N–H and O–H groups in total. The highest BCUT2D eigenvalue weighted by Crippen LogP contribution is 2.41. The van der Waals surface area contributed by atoms with Crippen LogP contribution in [0.3, 0.4) is 0 Å². The lowest BCUT2D eigenvalue weighted by Crippen LogP contribution is -2.17. The molecule has 5 rings (SSSR count). The summed E-state index contributed by atoms with van der Waals surface area (Å²) in [5, 5.41) is 0.707. The molecule has 0 atom stereocenters. The van der Waals surface area contributed by atoms with E-state index in [1.54, 1.807) is 10.6 Å². The van der Waals surface area contributed by atoms with E-state index in [4.69, 9.17) is 16.6 Å². The van der Waals surface area contributed by atoms with Gasteiger partial charge in [0.15, 0.2) is 0 Å². The van der Waals surface area contributed by atoms with Crippen LogP contribution >= 0.6 is 11.6 Å². The smallest absolute Gasteiger partial charge is 0.255 e. The zero-order valence-electron chi connectivity index (χ0n) is 16.0. The Hall–Kier alpha value is -3.11. The molecule has 5 heteroatoms. The summed E-state index contributed by atoms with van der Waals surface area (Å²) in [5.41, 5.74) is 5.95. The highest BCUT2D eigenvalue weighted by molar-refractivity contribution is 6.30. The summed E-state index contributed by atoms with van der Waals surface area (Å²) in [7, 11) is 0. The van der Waals surface area contributed by atoms with E-state index in [2.05, 4.69) is 11.3 Å². The normalized spacial score (nSPS) is 14.1. The third-order valence-corrected chi connectivity index (χ3v) is 5.65. The molecule has 3 aromatic heterocycles. The second-order valence-electron chi connectivity index (χ2n) is 7.53. The van der Waals surface area contributed by atoms with Crippen LogP contribution in [0, 0.1) is 6.92 Å². The van der Waals surface area contributed by atoms with Gasteiger partial charge in [0.25, 0.3) is 5.56 Å². The average Bonchev–Trinajstić information content (AvgIpc) is 3.52. The van der Waals surface area contributed by atoms with E-state index in [1.165, 1.54) is 24.2 Å². The number of nitrogens with zero attached hydrogens (tertiary/aromatic N) is 3. The van der Waals surface area contributed by atoms with Gasteiger partial charge < -0.3 is 4.40 Å². The summed E-state index contributed by atoms with van der Waals surface area (Å²) in [5.74, 6) is 0.604. The highest BCUT2D eigenvalue weighted by Gasteiger charge is 2.28. The molecule has 4 aromatic rings. The quantitative estimate of drug-likeness (QED) is 0.453. The first-order valence-corrected chi connectivity index (χ1v) is 10.1. The maximum absolute atomic E-state index is 12.7. The van der Waals surface area contributed by atoms with Crippen LogP contribution in [-0.4, -0.2) is 14.0 Å². The van der Waals surface area contributed by atoms with Crippen molar-refractivity contribution in [2.24, 2.45) is 0 Å². The van der Waals surface area contributed by atoms with Crippen LogP contribution in [0.25, 0.3) is 23.5 Å². The molecule has 1 aliphatic rings. The molecule has 144 valence electrons. The van der Waals surface area contributed by atoms with Crippen molar-refractivity contribution < 1.29 is 0 Å². The van der Waals surface area contributed by atoms with E-state index < -0.39 is 0 Å². The van der Waals surface area contributed by atoms with Crippen LogP contribution in [0.15, 0.2) is 65.7 Å². The summed E-state index contributed by atoms with van der Waals surface area (Å²) >= 11 is 5.92. The molecule has 0 unspecified atom stereocenters. The van der Waals surface area contributed by atoms with Crippen LogP contribution in [0.4, 0.5) is 0 Å². The van der Waals surface area contributed by atoms with Gasteiger partial charge in [-0.25, -0.2) is 4.98 Å². The first-order valence-electron chi connectivity index (χ1n) is 9.74. The number of aryl methyl sites for hydroxylation is 1. The predicted octanol–water partition coefficient (Wildman–Crippen LogP) is 5.49. The van der Waals surface area contributed by atoms with E-state index in [9.17, 15) is 4.79 Å². The van der Waals surface area contributed by atoms with Gasteiger partial charge in [0, 0.05) is 35.1 Å². The predicted molar refractivity (Wildman–Crippen MR) is 118 cm³/mol. The van der Waals surface area contributed by atoms with Gasteiger partial charge in [-0.1, -0.05) is 35.9 Å². The monoisotopic (exact) mass is 401 g/mol. The molecule has 0 saturated heterocycles. The number of hydrogen-bond acceptors (Lipinski definition) is 2. The zero-order chi connectivity index (χ0) is 20.0. The Morgan fingerprint density at radius 1 is 1.03 bits per heavy atom. The van der Waals surface area contributed by atoms with Crippen molar-refractivity contribution in [3.63, 3.8) is 0 Å². The minimum absolute atomic E-state index is 0.0669. The second-order valence-corrected chi connectivity index (χ2v) is 7.96. The molecule has 0 radical (unpaired) electrons. The lowest BCUT2D eigenvalue weighted by atomic mass is 10.1. The SMILES string of the molecule is Cc1c(C2CC2)nc2ccc(-n3ccc(C=Cc4ccc(Cl)cc4)cc3=O)cn12. The number of aromatic nitrogens is 3. The third-order valence-electron chi connectivity index (χ3n) is 5.40. The van der Waals surface area contributed by atoms with Gasteiger partial charge in [0.05, 0.1) is 11.4 Å². The lowest BCUT2D eigenvalue weighted by Gasteiger charge is -2.07. The van der Waals surface area contributed by atoms with Crippen LogP contribution in [-0.2, 0) is 0 Å². The van der Waals surface area contributed by atoms with Crippen molar-refractivity contribution in [1.82, 2.24) is 14.0 Å². The first kappa shape index (κ1) is 18.0. The molecule has 0 aliphatic heterocycles. The Morgan fingerprint density at radius 3 is 2.52 bits per heavy atom. The lowest BCUT2D eigenvalue weighted by molar-refractivity contribution is 0.955. The summed E-state index contributed by atoms with van der Waals surface area (Å²) in [6.07, 6.45) is 10.2. The first-order chi connectivity index (χ1) is 14.1. The minimum Gasteiger partial charge on any atom is -0.302 e.